The van der Waals surface area contributed by atoms with Gasteiger partial charge in [0.1, 0.15) is 18.1 Å². The van der Waals surface area contributed by atoms with E-state index < -0.39 is 54.6 Å². The Hall–Kier alpha value is -2.81. The Bertz CT molecular complexity index is 464. The topological polar surface area (TPSA) is 285 Å². The van der Waals surface area contributed by atoms with Crippen LogP contribution >= 0.6 is 0 Å². The minimum Gasteiger partial charge on any atom is -0.481 e. The molecule has 0 fully saturated rings. The third kappa shape index (κ3) is 23.2. The molecule has 0 aromatic rings. The van der Waals surface area contributed by atoms with Gasteiger partial charge < -0.3 is 47.8 Å². The van der Waals surface area contributed by atoms with E-state index in [0.717, 1.165) is 0 Å². The van der Waals surface area contributed by atoms with Crippen LogP contribution in [0.1, 0.15) is 25.7 Å². The fraction of sp³-hybridized carbons (Fsp3) is 0.615. The van der Waals surface area contributed by atoms with Gasteiger partial charge in [-0.2, -0.15) is 0 Å². The highest BCUT2D eigenvalue weighted by Crippen LogP contribution is 1.94. The number of carbonyl (C=O) groups is 5. The summed E-state index contributed by atoms with van der Waals surface area (Å²) in [5.41, 5.74) is 14.8. The zero-order valence-electron chi connectivity index (χ0n) is 14.2. The minimum absolute atomic E-state index is 0.0231. The molecule has 0 saturated carbocycles. The average molecular weight is 399 g/mol. The molecule has 14 heteroatoms. The first-order valence-corrected chi connectivity index (χ1v) is 7.25. The molecule has 0 aliphatic carbocycles. The van der Waals surface area contributed by atoms with Crippen LogP contribution in [0.5, 0.6) is 0 Å². The average Bonchev–Trinajstić information content (AvgIpc) is 2.57. The van der Waals surface area contributed by atoms with E-state index in [9.17, 15) is 24.0 Å². The van der Waals surface area contributed by atoms with E-state index in [1.165, 1.54) is 0 Å². The van der Waals surface area contributed by atoms with Gasteiger partial charge >= 0.3 is 29.8 Å². The molecule has 3 atom stereocenters. The molecule has 0 spiro atoms. The Kier molecular flexibility index (Phi) is 17.9. The molecule has 12 N–H and O–H groups in total. The quantitative estimate of drug-likeness (QED) is 0.176. The van der Waals surface area contributed by atoms with Crippen LogP contribution in [-0.4, -0.2) is 85.2 Å². The second-order valence-electron chi connectivity index (χ2n) is 4.88. The molecule has 0 amide bonds. The second kappa shape index (κ2) is 16.6. The number of aliphatic hydroxyl groups excluding tert-OH is 1. The lowest BCUT2D eigenvalue weighted by atomic mass is 10.2. The first-order chi connectivity index (χ1) is 12.3. The van der Waals surface area contributed by atoms with Gasteiger partial charge in [-0.15, -0.1) is 0 Å². The minimum atomic E-state index is -1.18. The van der Waals surface area contributed by atoms with Crippen molar-refractivity contribution >= 4 is 29.8 Å². The maximum absolute atomic E-state index is 9.99. The van der Waals surface area contributed by atoms with E-state index in [1.807, 2.05) is 0 Å². The molecule has 0 aliphatic heterocycles. The molecule has 0 bridgehead atoms. The van der Waals surface area contributed by atoms with Gasteiger partial charge in [-0.1, -0.05) is 0 Å². The highest BCUT2D eigenvalue weighted by atomic mass is 16.4. The number of carboxylic acid groups (broad SMARTS) is 5. The number of carboxylic acids is 5. The van der Waals surface area contributed by atoms with E-state index in [2.05, 4.69) is 0 Å². The smallest absolute Gasteiger partial charge is 0.322 e. The van der Waals surface area contributed by atoms with Crippen LogP contribution in [0.15, 0.2) is 0 Å². The van der Waals surface area contributed by atoms with Gasteiger partial charge in [-0.05, 0) is 12.8 Å². The monoisotopic (exact) mass is 399 g/mol. The van der Waals surface area contributed by atoms with Gasteiger partial charge in [0.05, 0.1) is 6.61 Å². The van der Waals surface area contributed by atoms with Crippen molar-refractivity contribution in [1.29, 1.82) is 0 Å². The SMILES string of the molecule is N[C@@H](CCC(=O)O)C(=O)O.N[C@@H](CCC(=O)O)C(=O)O.N[C@@H](CO)C(=O)O. The third-order valence-corrected chi connectivity index (χ3v) is 2.49. The van der Waals surface area contributed by atoms with Crippen LogP contribution < -0.4 is 17.2 Å². The van der Waals surface area contributed by atoms with E-state index in [4.69, 9.17) is 47.8 Å². The summed E-state index contributed by atoms with van der Waals surface area (Å²) >= 11 is 0. The summed E-state index contributed by atoms with van der Waals surface area (Å²) in [6.07, 6.45) is -0.448. The summed E-state index contributed by atoms with van der Waals surface area (Å²) in [6.45, 7) is -0.505. The van der Waals surface area contributed by atoms with Crippen molar-refractivity contribution in [3.63, 3.8) is 0 Å². The molecule has 0 unspecified atom stereocenters. The first-order valence-electron chi connectivity index (χ1n) is 7.25. The van der Waals surface area contributed by atoms with Crippen LogP contribution in [0.25, 0.3) is 0 Å². The number of rotatable bonds is 10. The molecule has 0 aliphatic rings. The zero-order chi connectivity index (χ0) is 22.2. The second-order valence-corrected chi connectivity index (χ2v) is 4.88. The molecule has 27 heavy (non-hydrogen) atoms. The summed E-state index contributed by atoms with van der Waals surface area (Å²) in [5, 5.41) is 48.4. The van der Waals surface area contributed by atoms with E-state index in [1.54, 1.807) is 0 Å². The third-order valence-electron chi connectivity index (χ3n) is 2.49. The van der Waals surface area contributed by atoms with Crippen LogP contribution in [0.3, 0.4) is 0 Å². The van der Waals surface area contributed by atoms with Crippen molar-refractivity contribution < 1.29 is 54.6 Å². The first kappa shape index (κ1) is 29.0. The Labute approximate surface area is 153 Å². The van der Waals surface area contributed by atoms with Gasteiger partial charge in [0.2, 0.25) is 0 Å². The van der Waals surface area contributed by atoms with E-state index in [-0.39, 0.29) is 25.7 Å². The molecular formula is C13H25N3O11. The van der Waals surface area contributed by atoms with Crippen molar-refractivity contribution in [1.82, 2.24) is 0 Å². The lowest BCUT2D eigenvalue weighted by Gasteiger charge is -2.01. The van der Waals surface area contributed by atoms with Gasteiger partial charge in [-0.3, -0.25) is 24.0 Å². The fourth-order valence-corrected chi connectivity index (χ4v) is 0.883. The van der Waals surface area contributed by atoms with Gasteiger partial charge in [0, 0.05) is 12.8 Å². The molecular weight excluding hydrogens is 374 g/mol. The summed E-state index contributed by atoms with van der Waals surface area (Å²) in [5.74, 6) is -5.57. The van der Waals surface area contributed by atoms with E-state index >= 15 is 0 Å². The van der Waals surface area contributed by atoms with Crippen molar-refractivity contribution in [2.75, 3.05) is 6.61 Å². The van der Waals surface area contributed by atoms with Crippen LogP contribution in [0.4, 0.5) is 0 Å². The normalized spacial score (nSPS) is 12.7. The zero-order valence-corrected chi connectivity index (χ0v) is 14.2. The molecule has 0 aromatic carbocycles. The Balaban J connectivity index is -0.000000326. The lowest BCUT2D eigenvalue weighted by molar-refractivity contribution is -0.141. The highest BCUT2D eigenvalue weighted by molar-refractivity contribution is 5.75. The van der Waals surface area contributed by atoms with Gasteiger partial charge in [0.15, 0.2) is 0 Å². The summed E-state index contributed by atoms with van der Waals surface area (Å²) < 4.78 is 0. The maximum Gasteiger partial charge on any atom is 0.322 e. The number of aliphatic carboxylic acids is 5. The molecule has 0 heterocycles. The molecule has 0 rings (SSSR count). The molecule has 0 saturated heterocycles. The van der Waals surface area contributed by atoms with Crippen LogP contribution in [0, 0.1) is 0 Å². The van der Waals surface area contributed by atoms with Crippen molar-refractivity contribution in [3.8, 4) is 0 Å². The fourth-order valence-electron chi connectivity index (χ4n) is 0.883. The van der Waals surface area contributed by atoms with Crippen molar-refractivity contribution in [3.05, 3.63) is 0 Å². The van der Waals surface area contributed by atoms with Gasteiger partial charge in [-0.25, -0.2) is 0 Å². The molecule has 14 nitrogen and oxygen atoms in total. The van der Waals surface area contributed by atoms with E-state index in [0.29, 0.717) is 0 Å². The molecule has 0 radical (unpaired) electrons. The number of nitrogens with two attached hydrogens (primary N) is 3. The van der Waals surface area contributed by atoms with Gasteiger partial charge in [0.25, 0.3) is 0 Å². The number of aliphatic hydroxyl groups is 1. The number of hydrogen-bond donors (Lipinski definition) is 9. The molecule has 158 valence electrons. The summed E-state index contributed by atoms with van der Waals surface area (Å²) in [7, 11) is 0. The maximum atomic E-state index is 9.99. The predicted molar refractivity (Wildman–Crippen MR) is 87.7 cm³/mol. The summed E-state index contributed by atoms with van der Waals surface area (Å²) in [4.78, 5) is 49.4. The van der Waals surface area contributed by atoms with Crippen molar-refractivity contribution in [2.24, 2.45) is 17.2 Å². The summed E-state index contributed by atoms with van der Waals surface area (Å²) in [6, 6.07) is -3.24. The van der Waals surface area contributed by atoms with Crippen molar-refractivity contribution in [2.45, 2.75) is 43.8 Å². The predicted octanol–water partition coefficient (Wildman–Crippen LogP) is -3.08. The highest BCUT2D eigenvalue weighted by Gasteiger charge is 2.12. The largest absolute Gasteiger partial charge is 0.481 e. The number of hydrogen-bond acceptors (Lipinski definition) is 9. The molecule has 0 aromatic heterocycles. The van der Waals surface area contributed by atoms with Crippen LogP contribution in [0.2, 0.25) is 0 Å². The Morgan fingerprint density at radius 2 is 0.852 bits per heavy atom. The standard InChI is InChI=1S/2C5H9NO4.C3H7NO3/c2*6-3(5(9)10)1-2-4(7)8;4-2(1-5)3(6)7/h2*3H,1-2,6H2,(H,7,8)(H,9,10);2,5H,1,4H2,(H,6,7)/t2*3-;2-/m000/s1. The Morgan fingerprint density at radius 1 is 0.593 bits per heavy atom. The lowest BCUT2D eigenvalue weighted by Crippen LogP contribution is -2.33. The Morgan fingerprint density at radius 3 is 0.963 bits per heavy atom. The van der Waals surface area contributed by atoms with Crippen LogP contribution in [-0.2, 0) is 24.0 Å².